The maximum atomic E-state index is 11.2. The summed E-state index contributed by atoms with van der Waals surface area (Å²) >= 11 is 0. The van der Waals surface area contributed by atoms with Gasteiger partial charge in [-0.25, -0.2) is 4.79 Å². The minimum absolute atomic E-state index is 0.0163. The van der Waals surface area contributed by atoms with Gasteiger partial charge in [0.15, 0.2) is 0 Å². The second-order valence-electron chi connectivity index (χ2n) is 4.31. The highest BCUT2D eigenvalue weighted by Crippen LogP contribution is 2.07. The molecule has 0 aromatic carbocycles. The maximum Gasteiger partial charge on any atom is 0.396 e. The molecule has 0 unspecified atom stereocenters. The van der Waals surface area contributed by atoms with Crippen LogP contribution in [0, 0.1) is 0 Å². The van der Waals surface area contributed by atoms with Crippen molar-refractivity contribution in [1.29, 1.82) is 0 Å². The maximum absolute atomic E-state index is 11.2. The lowest BCUT2D eigenvalue weighted by atomic mass is 10.2. The summed E-state index contributed by atoms with van der Waals surface area (Å²) in [6, 6.07) is 0. The quantitative estimate of drug-likeness (QED) is 0.572. The van der Waals surface area contributed by atoms with Crippen LogP contribution in [0.5, 0.6) is 0 Å². The highest BCUT2D eigenvalue weighted by molar-refractivity contribution is 6.32. The van der Waals surface area contributed by atoms with E-state index < -0.39 is 23.4 Å². The molecule has 0 rings (SSSR count). The smallest absolute Gasteiger partial charge is 0.396 e. The van der Waals surface area contributed by atoms with Gasteiger partial charge in [0.2, 0.25) is 0 Å². The third kappa shape index (κ3) is 8.24. The first-order chi connectivity index (χ1) is 7.76. The van der Waals surface area contributed by atoms with Crippen LogP contribution >= 0.6 is 0 Å². The fourth-order valence-electron chi connectivity index (χ4n) is 0.939. The lowest BCUT2D eigenvalue weighted by Gasteiger charge is -2.19. The highest BCUT2D eigenvalue weighted by Gasteiger charge is 2.17. The first-order valence-electron chi connectivity index (χ1n) is 5.43. The van der Waals surface area contributed by atoms with E-state index in [1.54, 1.807) is 27.7 Å². The molecule has 0 aromatic rings. The highest BCUT2D eigenvalue weighted by atomic mass is 16.6. The lowest BCUT2D eigenvalue weighted by molar-refractivity contribution is -0.156. The molecule has 1 N–H and O–H groups in total. The third-order valence-corrected chi connectivity index (χ3v) is 1.50. The summed E-state index contributed by atoms with van der Waals surface area (Å²) in [5.41, 5.74) is -0.553. The van der Waals surface area contributed by atoms with Crippen LogP contribution in [0.1, 0.15) is 34.1 Å². The molecule has 17 heavy (non-hydrogen) atoms. The minimum atomic E-state index is -0.948. The van der Waals surface area contributed by atoms with Gasteiger partial charge in [0.05, 0.1) is 13.0 Å². The molecule has 0 aliphatic rings. The molecule has 0 spiro atoms. The van der Waals surface area contributed by atoms with Gasteiger partial charge in [-0.2, -0.15) is 0 Å². The fraction of sp³-hybridized carbons (Fsp3) is 0.727. The van der Waals surface area contributed by atoms with Crippen molar-refractivity contribution in [3.05, 3.63) is 0 Å². The fourth-order valence-corrected chi connectivity index (χ4v) is 0.939. The zero-order valence-electron chi connectivity index (χ0n) is 10.7. The Hall–Kier alpha value is -1.59. The van der Waals surface area contributed by atoms with E-state index in [0.29, 0.717) is 0 Å². The SMILES string of the molecule is CCOC(=O)C(=O)NCCC(=O)OC(C)(C)C. The Morgan fingerprint density at radius 3 is 2.24 bits per heavy atom. The van der Waals surface area contributed by atoms with Gasteiger partial charge in [-0.15, -0.1) is 0 Å². The van der Waals surface area contributed by atoms with Crippen LogP contribution in [0.3, 0.4) is 0 Å². The summed E-state index contributed by atoms with van der Waals surface area (Å²) in [6.45, 7) is 7.04. The molecule has 0 aliphatic heterocycles. The van der Waals surface area contributed by atoms with E-state index in [0.717, 1.165) is 0 Å². The van der Waals surface area contributed by atoms with Crippen LogP contribution in [-0.4, -0.2) is 36.6 Å². The van der Waals surface area contributed by atoms with Crippen molar-refractivity contribution in [3.63, 3.8) is 0 Å². The summed E-state index contributed by atoms with van der Waals surface area (Å²) in [4.78, 5) is 33.2. The molecule has 0 saturated heterocycles. The summed E-state index contributed by atoms with van der Waals surface area (Å²) < 4.78 is 9.50. The zero-order chi connectivity index (χ0) is 13.5. The normalized spacial score (nSPS) is 10.6. The summed E-state index contributed by atoms with van der Waals surface area (Å²) in [7, 11) is 0. The molecule has 1 amide bonds. The van der Waals surface area contributed by atoms with Crippen molar-refractivity contribution in [1.82, 2.24) is 5.32 Å². The largest absolute Gasteiger partial charge is 0.460 e. The third-order valence-electron chi connectivity index (χ3n) is 1.50. The first-order valence-corrected chi connectivity index (χ1v) is 5.43. The molecule has 0 fully saturated rings. The number of carbonyl (C=O) groups excluding carboxylic acids is 3. The number of amides is 1. The van der Waals surface area contributed by atoms with Gasteiger partial charge >= 0.3 is 17.8 Å². The molecule has 6 heteroatoms. The van der Waals surface area contributed by atoms with Crippen molar-refractivity contribution in [3.8, 4) is 0 Å². The Labute approximate surface area is 101 Å². The monoisotopic (exact) mass is 245 g/mol. The number of rotatable bonds is 4. The topological polar surface area (TPSA) is 81.7 Å². The standard InChI is InChI=1S/C11H19NO5/c1-5-16-10(15)9(14)12-7-6-8(13)17-11(2,3)4/h5-7H2,1-4H3,(H,12,14). The molecule has 0 aliphatic carbocycles. The summed E-state index contributed by atoms with van der Waals surface area (Å²) in [5, 5.41) is 2.27. The van der Waals surface area contributed by atoms with Crippen molar-refractivity contribution in [2.45, 2.75) is 39.7 Å². The molecule has 0 bridgehead atoms. The number of hydrogen-bond donors (Lipinski definition) is 1. The zero-order valence-corrected chi connectivity index (χ0v) is 10.7. The average molecular weight is 245 g/mol. The van der Waals surface area contributed by atoms with E-state index in [1.165, 1.54) is 0 Å². The summed E-state index contributed by atoms with van der Waals surface area (Å²) in [6.07, 6.45) is 0.0163. The van der Waals surface area contributed by atoms with Gasteiger partial charge in [-0.3, -0.25) is 9.59 Å². The number of nitrogens with one attached hydrogen (secondary N) is 1. The van der Waals surface area contributed by atoms with Crippen LogP contribution in [0.4, 0.5) is 0 Å². The van der Waals surface area contributed by atoms with Crippen molar-refractivity contribution >= 4 is 17.8 Å². The van der Waals surface area contributed by atoms with E-state index in [4.69, 9.17) is 4.74 Å². The number of ether oxygens (including phenoxy) is 2. The van der Waals surface area contributed by atoms with Crippen molar-refractivity contribution < 1.29 is 23.9 Å². The molecule has 0 radical (unpaired) electrons. The van der Waals surface area contributed by atoms with Crippen LogP contribution in [-0.2, 0) is 23.9 Å². The summed E-state index contributed by atoms with van der Waals surface area (Å²) in [5.74, 6) is -2.23. The van der Waals surface area contributed by atoms with Crippen LogP contribution in [0.15, 0.2) is 0 Å². The number of esters is 2. The molecule has 6 nitrogen and oxygen atoms in total. The molecule has 0 heterocycles. The van der Waals surface area contributed by atoms with E-state index in [9.17, 15) is 14.4 Å². The number of carbonyl (C=O) groups is 3. The average Bonchev–Trinajstić information content (AvgIpc) is 2.14. The molecule has 0 saturated carbocycles. The van der Waals surface area contributed by atoms with Crippen LogP contribution in [0.25, 0.3) is 0 Å². The van der Waals surface area contributed by atoms with Crippen LogP contribution in [0.2, 0.25) is 0 Å². The Bertz CT molecular complexity index is 293. The minimum Gasteiger partial charge on any atom is -0.460 e. The predicted octanol–water partition coefficient (Wildman–Crippen LogP) is 0.397. The predicted molar refractivity (Wildman–Crippen MR) is 60.1 cm³/mol. The second-order valence-corrected chi connectivity index (χ2v) is 4.31. The second kappa shape index (κ2) is 6.88. The van der Waals surface area contributed by atoms with E-state index in [1.807, 2.05) is 0 Å². The Balaban J connectivity index is 3.81. The Morgan fingerprint density at radius 2 is 1.76 bits per heavy atom. The van der Waals surface area contributed by atoms with E-state index >= 15 is 0 Å². The first kappa shape index (κ1) is 15.4. The lowest BCUT2D eigenvalue weighted by Crippen LogP contribution is -2.35. The molecular formula is C11H19NO5. The van der Waals surface area contributed by atoms with Crippen LogP contribution < -0.4 is 5.32 Å². The number of hydrogen-bond acceptors (Lipinski definition) is 5. The Kier molecular flexibility index (Phi) is 6.23. The molecule has 0 atom stereocenters. The van der Waals surface area contributed by atoms with Gasteiger partial charge in [-0.1, -0.05) is 0 Å². The van der Waals surface area contributed by atoms with Gasteiger partial charge in [-0.05, 0) is 27.7 Å². The van der Waals surface area contributed by atoms with Gasteiger partial charge < -0.3 is 14.8 Å². The molecular weight excluding hydrogens is 226 g/mol. The van der Waals surface area contributed by atoms with Gasteiger partial charge in [0.1, 0.15) is 5.60 Å². The van der Waals surface area contributed by atoms with E-state index in [2.05, 4.69) is 10.1 Å². The molecule has 98 valence electrons. The molecule has 0 aromatic heterocycles. The van der Waals surface area contributed by atoms with Crippen molar-refractivity contribution in [2.75, 3.05) is 13.2 Å². The van der Waals surface area contributed by atoms with E-state index in [-0.39, 0.29) is 19.6 Å². The van der Waals surface area contributed by atoms with Gasteiger partial charge in [0, 0.05) is 6.54 Å². The van der Waals surface area contributed by atoms with Crippen molar-refractivity contribution in [2.24, 2.45) is 0 Å². The van der Waals surface area contributed by atoms with Gasteiger partial charge in [0.25, 0.3) is 0 Å². The Morgan fingerprint density at radius 1 is 1.18 bits per heavy atom.